The number of nitrogens with zero attached hydrogens (tertiary/aromatic N) is 2. The minimum Gasteiger partial charge on any atom is -0.335 e. The molecule has 3 nitrogen and oxygen atoms in total. The van der Waals surface area contributed by atoms with Crippen molar-refractivity contribution in [2.75, 3.05) is 11.4 Å². The fourth-order valence-electron chi connectivity index (χ4n) is 4.25. The van der Waals surface area contributed by atoms with Crippen LogP contribution in [-0.4, -0.2) is 12.3 Å². The van der Waals surface area contributed by atoms with Gasteiger partial charge < -0.3 is 4.90 Å². The van der Waals surface area contributed by atoms with Crippen molar-refractivity contribution in [1.82, 2.24) is 0 Å². The summed E-state index contributed by atoms with van der Waals surface area (Å²) in [5.74, 6) is 0.365. The zero-order valence-corrected chi connectivity index (χ0v) is 20.0. The number of hydrogen-bond acceptors (Lipinski definition) is 3. The lowest BCUT2D eigenvalue weighted by Crippen LogP contribution is -2.34. The Balaban J connectivity index is 1.61. The van der Waals surface area contributed by atoms with Gasteiger partial charge in [-0.2, -0.15) is 4.57 Å². The Morgan fingerprint density at radius 3 is 2.66 bits per heavy atom. The summed E-state index contributed by atoms with van der Waals surface area (Å²) in [6, 6.07) is 19.6. The van der Waals surface area contributed by atoms with Crippen molar-refractivity contribution in [2.24, 2.45) is 0 Å². The number of fused-ring (bicyclic) bond motifs is 2. The molecule has 0 unspecified atom stereocenters. The highest BCUT2D eigenvalue weighted by Crippen LogP contribution is 2.46. The molecular formula is C28H33N2OS+. The average molecular weight is 446 g/mol. The van der Waals surface area contributed by atoms with Crippen molar-refractivity contribution >= 4 is 40.2 Å². The maximum absolute atomic E-state index is 11.6. The fraction of sp³-hybridized carbons (Fsp3) is 0.357. The number of carbonyl (C=O) groups is 1. The molecule has 1 aliphatic heterocycles. The van der Waals surface area contributed by atoms with Crippen LogP contribution in [0.4, 0.5) is 5.69 Å². The topological polar surface area (TPSA) is 24.2 Å². The number of aryl methyl sites for hydroxylation is 1. The van der Waals surface area contributed by atoms with Gasteiger partial charge in [-0.3, -0.25) is 4.79 Å². The number of ketones is 1. The number of hydrogen-bond donors (Lipinski definition) is 0. The van der Waals surface area contributed by atoms with Crippen LogP contribution in [-0.2, 0) is 11.3 Å². The molecule has 0 amide bonds. The summed E-state index contributed by atoms with van der Waals surface area (Å²) in [5.41, 5.74) is 3.84. The van der Waals surface area contributed by atoms with Crippen LogP contribution < -0.4 is 9.47 Å². The lowest BCUT2D eigenvalue weighted by atomic mass is 10.1. The third kappa shape index (κ3) is 5.07. The van der Waals surface area contributed by atoms with Crippen molar-refractivity contribution in [2.45, 2.75) is 63.8 Å². The molecule has 0 atom stereocenters. The molecule has 0 N–H and O–H groups in total. The maximum atomic E-state index is 11.6. The van der Waals surface area contributed by atoms with Gasteiger partial charge in [0, 0.05) is 42.8 Å². The predicted octanol–water partition coefficient (Wildman–Crippen LogP) is 6.99. The van der Waals surface area contributed by atoms with E-state index in [9.17, 15) is 4.79 Å². The number of rotatable bonds is 10. The fourth-order valence-corrected chi connectivity index (χ4v) is 5.39. The number of para-hydroxylation sites is 2. The van der Waals surface area contributed by atoms with Crippen LogP contribution in [0.25, 0.3) is 17.0 Å². The third-order valence-corrected chi connectivity index (χ3v) is 7.22. The maximum Gasteiger partial charge on any atom is 0.213 e. The van der Waals surface area contributed by atoms with Crippen molar-refractivity contribution < 1.29 is 9.36 Å². The number of anilines is 1. The van der Waals surface area contributed by atoms with Gasteiger partial charge in [-0.05, 0) is 42.7 Å². The average Bonchev–Trinajstić information content (AvgIpc) is 3.18. The molecule has 0 fully saturated rings. The van der Waals surface area contributed by atoms with E-state index < -0.39 is 0 Å². The Morgan fingerprint density at radius 2 is 1.81 bits per heavy atom. The predicted molar refractivity (Wildman–Crippen MR) is 136 cm³/mol. The van der Waals surface area contributed by atoms with Crippen LogP contribution in [0.3, 0.4) is 0 Å². The first-order chi connectivity index (χ1) is 15.7. The number of carbonyl (C=O) groups excluding carboxylic acids is 1. The van der Waals surface area contributed by atoms with E-state index in [-0.39, 0.29) is 0 Å². The van der Waals surface area contributed by atoms with E-state index in [1.54, 1.807) is 0 Å². The standard InChI is InChI=1S/C28H33N2OS/c1-3-5-19-30-26-15-8-9-16-27(26)32-28(30)21-22-17-20-29(18-11-10-12-23(31)4-2)25-14-7-6-13-24(22)25/h6-9,13-17,20-21H,3-5,10-12,18-19H2,1-2H3/q+1. The summed E-state index contributed by atoms with van der Waals surface area (Å²) < 4.78 is 2.33. The smallest absolute Gasteiger partial charge is 0.213 e. The van der Waals surface area contributed by atoms with Gasteiger partial charge in [0.1, 0.15) is 12.3 Å². The molecule has 0 spiro atoms. The molecule has 0 saturated heterocycles. The molecule has 0 bridgehead atoms. The molecule has 2 heterocycles. The van der Waals surface area contributed by atoms with Crippen LogP contribution >= 0.6 is 11.8 Å². The highest BCUT2D eigenvalue weighted by atomic mass is 32.2. The number of pyridine rings is 1. The minimum absolute atomic E-state index is 0.365. The van der Waals surface area contributed by atoms with Crippen LogP contribution in [0.1, 0.15) is 57.9 Å². The zero-order valence-electron chi connectivity index (χ0n) is 19.2. The second kappa shape index (κ2) is 10.8. The van der Waals surface area contributed by atoms with Crippen molar-refractivity contribution in [3.63, 3.8) is 0 Å². The molecule has 4 rings (SSSR count). The van der Waals surface area contributed by atoms with Gasteiger partial charge in [0.2, 0.25) is 5.52 Å². The zero-order chi connectivity index (χ0) is 22.3. The Morgan fingerprint density at radius 1 is 1.00 bits per heavy atom. The Hall–Kier alpha value is -2.59. The summed E-state index contributed by atoms with van der Waals surface area (Å²) >= 11 is 1.87. The molecule has 3 aromatic rings. The Labute approximate surface area is 196 Å². The molecule has 1 aromatic heterocycles. The highest BCUT2D eigenvalue weighted by Gasteiger charge is 2.24. The summed E-state index contributed by atoms with van der Waals surface area (Å²) in [5, 5.41) is 2.58. The van der Waals surface area contributed by atoms with Gasteiger partial charge in [0.25, 0.3) is 0 Å². The van der Waals surface area contributed by atoms with E-state index in [0.717, 1.165) is 25.9 Å². The van der Waals surface area contributed by atoms with Gasteiger partial charge in [0.05, 0.1) is 16.1 Å². The summed E-state index contributed by atoms with van der Waals surface area (Å²) in [4.78, 5) is 15.4. The summed E-state index contributed by atoms with van der Waals surface area (Å²) in [7, 11) is 0. The minimum atomic E-state index is 0.365. The third-order valence-electron chi connectivity index (χ3n) is 6.11. The first-order valence-electron chi connectivity index (χ1n) is 11.9. The largest absolute Gasteiger partial charge is 0.335 e. The number of thioether (sulfide) groups is 1. The van der Waals surface area contributed by atoms with E-state index in [1.807, 2.05) is 18.7 Å². The van der Waals surface area contributed by atoms with Crippen molar-refractivity contribution in [3.05, 3.63) is 71.4 Å². The molecule has 4 heteroatoms. The van der Waals surface area contributed by atoms with Crippen molar-refractivity contribution in [3.8, 4) is 0 Å². The van der Waals surface area contributed by atoms with E-state index in [1.165, 1.54) is 44.9 Å². The number of aromatic nitrogens is 1. The van der Waals surface area contributed by atoms with Crippen LogP contribution in [0.5, 0.6) is 0 Å². The molecule has 0 aliphatic carbocycles. The van der Waals surface area contributed by atoms with Gasteiger partial charge in [-0.1, -0.05) is 56.3 Å². The SMILES string of the molecule is CCCCN1/C(=C/c2cc[n+](CCCCC(=O)CC)c3ccccc23)Sc2ccccc21. The first kappa shape index (κ1) is 22.6. The molecule has 166 valence electrons. The highest BCUT2D eigenvalue weighted by molar-refractivity contribution is 8.03. The van der Waals surface area contributed by atoms with Crippen molar-refractivity contribution in [1.29, 1.82) is 0 Å². The normalized spacial score (nSPS) is 14.3. The first-order valence-corrected chi connectivity index (χ1v) is 12.7. The van der Waals surface area contributed by atoms with E-state index in [0.29, 0.717) is 18.6 Å². The van der Waals surface area contributed by atoms with Gasteiger partial charge in [0.15, 0.2) is 6.20 Å². The molecule has 32 heavy (non-hydrogen) atoms. The molecule has 1 aliphatic rings. The molecule has 0 saturated carbocycles. The lowest BCUT2D eigenvalue weighted by Gasteiger charge is -2.20. The number of Topliss-reactive ketones (excluding diaryl/α,β-unsaturated/α-hetero) is 1. The Kier molecular flexibility index (Phi) is 7.64. The lowest BCUT2D eigenvalue weighted by molar-refractivity contribution is -0.671. The second-order valence-electron chi connectivity index (χ2n) is 8.39. The van der Waals surface area contributed by atoms with Crippen LogP contribution in [0.15, 0.2) is 70.7 Å². The number of benzene rings is 2. The van der Waals surface area contributed by atoms with Gasteiger partial charge in [-0.15, -0.1) is 0 Å². The van der Waals surface area contributed by atoms with Crippen LogP contribution in [0, 0.1) is 0 Å². The van der Waals surface area contributed by atoms with E-state index in [4.69, 9.17) is 0 Å². The van der Waals surface area contributed by atoms with Crippen LogP contribution in [0.2, 0.25) is 0 Å². The quantitative estimate of drug-likeness (QED) is 0.248. The van der Waals surface area contributed by atoms with E-state index in [2.05, 4.69) is 83.3 Å². The monoisotopic (exact) mass is 445 g/mol. The number of unbranched alkanes of at least 4 members (excludes halogenated alkanes) is 2. The molecule has 2 aromatic carbocycles. The molecular weight excluding hydrogens is 412 g/mol. The van der Waals surface area contributed by atoms with Gasteiger partial charge >= 0.3 is 0 Å². The van der Waals surface area contributed by atoms with Gasteiger partial charge in [-0.25, -0.2) is 0 Å². The second-order valence-corrected chi connectivity index (χ2v) is 9.45. The molecule has 0 radical (unpaired) electrons. The summed E-state index contributed by atoms with van der Waals surface area (Å²) in [6.07, 6.45) is 10.3. The summed E-state index contributed by atoms with van der Waals surface area (Å²) in [6.45, 7) is 6.19. The van der Waals surface area contributed by atoms with E-state index >= 15 is 0 Å². The Bertz CT molecular complexity index is 1120.